The first-order valence-electron chi connectivity index (χ1n) is 4.93. The average Bonchev–Trinajstić information content (AvgIpc) is 2.65. The molecular formula is C11H16O2S. The van der Waals surface area contributed by atoms with Gasteiger partial charge in [0.15, 0.2) is 0 Å². The van der Waals surface area contributed by atoms with Gasteiger partial charge < -0.3 is 4.74 Å². The number of ether oxygens (including phenoxy) is 1. The Morgan fingerprint density at radius 3 is 3.00 bits per heavy atom. The van der Waals surface area contributed by atoms with E-state index in [0.717, 1.165) is 18.6 Å². The van der Waals surface area contributed by atoms with E-state index in [1.807, 2.05) is 16.8 Å². The van der Waals surface area contributed by atoms with Crippen molar-refractivity contribution in [3.63, 3.8) is 0 Å². The fourth-order valence-corrected chi connectivity index (χ4v) is 1.81. The minimum absolute atomic E-state index is 0.263. The third-order valence-electron chi connectivity index (χ3n) is 1.86. The van der Waals surface area contributed by atoms with E-state index in [4.69, 9.17) is 4.74 Å². The molecule has 78 valence electrons. The first-order chi connectivity index (χ1) is 6.83. The van der Waals surface area contributed by atoms with Gasteiger partial charge >= 0.3 is 0 Å². The highest BCUT2D eigenvalue weighted by Crippen LogP contribution is 2.07. The predicted molar refractivity (Wildman–Crippen MR) is 58.8 cm³/mol. The summed E-state index contributed by atoms with van der Waals surface area (Å²) in [6.07, 6.45) is 2.10. The SMILES string of the molecule is CCCOCCC(=O)Cc1ccsc1. The van der Waals surface area contributed by atoms with E-state index in [9.17, 15) is 4.79 Å². The van der Waals surface area contributed by atoms with Crippen LogP contribution in [0.1, 0.15) is 25.3 Å². The normalized spacial score (nSPS) is 10.4. The molecule has 0 aromatic carbocycles. The van der Waals surface area contributed by atoms with Crippen LogP contribution in [0.15, 0.2) is 16.8 Å². The fourth-order valence-electron chi connectivity index (χ4n) is 1.14. The predicted octanol–water partition coefficient (Wildman–Crippen LogP) is 2.68. The first kappa shape index (κ1) is 11.4. The van der Waals surface area contributed by atoms with Gasteiger partial charge in [0.05, 0.1) is 6.61 Å². The Bertz CT molecular complexity index is 254. The van der Waals surface area contributed by atoms with Crippen molar-refractivity contribution >= 4 is 17.1 Å². The summed E-state index contributed by atoms with van der Waals surface area (Å²) < 4.78 is 5.25. The van der Waals surface area contributed by atoms with Crippen LogP contribution in [0.2, 0.25) is 0 Å². The van der Waals surface area contributed by atoms with Gasteiger partial charge in [-0.15, -0.1) is 0 Å². The summed E-state index contributed by atoms with van der Waals surface area (Å²) in [4.78, 5) is 11.4. The molecule has 1 aromatic rings. The average molecular weight is 212 g/mol. The molecule has 0 bridgehead atoms. The largest absolute Gasteiger partial charge is 0.381 e. The van der Waals surface area contributed by atoms with Crippen LogP contribution in [-0.4, -0.2) is 19.0 Å². The van der Waals surface area contributed by atoms with Crippen molar-refractivity contribution in [1.29, 1.82) is 0 Å². The van der Waals surface area contributed by atoms with E-state index in [1.54, 1.807) is 11.3 Å². The van der Waals surface area contributed by atoms with Gasteiger partial charge in [-0.1, -0.05) is 6.92 Å². The number of hydrogen-bond donors (Lipinski definition) is 0. The van der Waals surface area contributed by atoms with E-state index >= 15 is 0 Å². The first-order valence-corrected chi connectivity index (χ1v) is 5.87. The van der Waals surface area contributed by atoms with Gasteiger partial charge in [0.2, 0.25) is 0 Å². The lowest BCUT2D eigenvalue weighted by molar-refractivity contribution is -0.119. The Labute approximate surface area is 88.9 Å². The number of ketones is 1. The Morgan fingerprint density at radius 1 is 1.50 bits per heavy atom. The molecule has 2 nitrogen and oxygen atoms in total. The van der Waals surface area contributed by atoms with E-state index in [2.05, 4.69) is 6.92 Å². The summed E-state index contributed by atoms with van der Waals surface area (Å²) in [5.41, 5.74) is 1.12. The molecular weight excluding hydrogens is 196 g/mol. The summed E-state index contributed by atoms with van der Waals surface area (Å²) >= 11 is 1.63. The molecule has 0 aliphatic carbocycles. The van der Waals surface area contributed by atoms with Crippen LogP contribution in [0.3, 0.4) is 0 Å². The smallest absolute Gasteiger partial charge is 0.139 e. The topological polar surface area (TPSA) is 26.3 Å². The number of rotatable bonds is 7. The van der Waals surface area contributed by atoms with Gasteiger partial charge in [0.1, 0.15) is 5.78 Å². The summed E-state index contributed by atoms with van der Waals surface area (Å²) in [6, 6.07) is 2.00. The van der Waals surface area contributed by atoms with Gasteiger partial charge in [-0.05, 0) is 28.8 Å². The van der Waals surface area contributed by atoms with Crippen LogP contribution < -0.4 is 0 Å². The monoisotopic (exact) mass is 212 g/mol. The molecule has 0 unspecified atom stereocenters. The van der Waals surface area contributed by atoms with Crippen molar-refractivity contribution in [2.24, 2.45) is 0 Å². The molecule has 0 radical (unpaired) electrons. The molecule has 0 aliphatic heterocycles. The molecule has 0 saturated heterocycles. The number of Topliss-reactive ketones (excluding diaryl/α,β-unsaturated/α-hetero) is 1. The maximum Gasteiger partial charge on any atom is 0.139 e. The molecule has 1 rings (SSSR count). The molecule has 0 aliphatic rings. The van der Waals surface area contributed by atoms with E-state index < -0.39 is 0 Å². The van der Waals surface area contributed by atoms with E-state index in [1.165, 1.54) is 0 Å². The molecule has 0 spiro atoms. The highest BCUT2D eigenvalue weighted by Gasteiger charge is 2.03. The highest BCUT2D eigenvalue weighted by atomic mass is 32.1. The maximum atomic E-state index is 11.4. The molecule has 1 aromatic heterocycles. The molecule has 0 amide bonds. The highest BCUT2D eigenvalue weighted by molar-refractivity contribution is 7.07. The summed E-state index contributed by atoms with van der Waals surface area (Å²) in [6.45, 7) is 3.38. The molecule has 14 heavy (non-hydrogen) atoms. The molecule has 3 heteroatoms. The van der Waals surface area contributed by atoms with Crippen molar-refractivity contribution in [2.75, 3.05) is 13.2 Å². The lowest BCUT2D eigenvalue weighted by Crippen LogP contribution is -2.07. The lowest BCUT2D eigenvalue weighted by Gasteiger charge is -2.01. The Hall–Kier alpha value is -0.670. The summed E-state index contributed by atoms with van der Waals surface area (Å²) in [5.74, 6) is 0.263. The second-order valence-corrected chi connectivity index (χ2v) is 3.99. The summed E-state index contributed by atoms with van der Waals surface area (Å²) in [7, 11) is 0. The Morgan fingerprint density at radius 2 is 2.36 bits per heavy atom. The summed E-state index contributed by atoms with van der Waals surface area (Å²) in [5, 5.41) is 4.01. The van der Waals surface area contributed by atoms with Crippen molar-refractivity contribution < 1.29 is 9.53 Å². The molecule has 0 saturated carbocycles. The Balaban J connectivity index is 2.11. The van der Waals surface area contributed by atoms with Crippen LogP contribution in [0, 0.1) is 0 Å². The third kappa shape index (κ3) is 4.53. The quantitative estimate of drug-likeness (QED) is 0.649. The lowest BCUT2D eigenvalue weighted by atomic mass is 10.1. The molecule has 0 atom stereocenters. The van der Waals surface area contributed by atoms with Crippen molar-refractivity contribution in [2.45, 2.75) is 26.2 Å². The van der Waals surface area contributed by atoms with Crippen LogP contribution in [-0.2, 0) is 16.0 Å². The zero-order valence-corrected chi connectivity index (χ0v) is 9.31. The van der Waals surface area contributed by atoms with E-state index in [0.29, 0.717) is 19.4 Å². The standard InChI is InChI=1S/C11H16O2S/c1-2-5-13-6-3-11(12)8-10-4-7-14-9-10/h4,7,9H,2-3,5-6,8H2,1H3. The minimum Gasteiger partial charge on any atom is -0.381 e. The zero-order valence-electron chi connectivity index (χ0n) is 8.49. The zero-order chi connectivity index (χ0) is 10.2. The van der Waals surface area contributed by atoms with Crippen molar-refractivity contribution in [3.8, 4) is 0 Å². The van der Waals surface area contributed by atoms with Crippen LogP contribution in [0.5, 0.6) is 0 Å². The minimum atomic E-state index is 0.263. The number of carbonyl (C=O) groups excluding carboxylic acids is 1. The van der Waals surface area contributed by atoms with Crippen molar-refractivity contribution in [1.82, 2.24) is 0 Å². The second-order valence-electron chi connectivity index (χ2n) is 3.21. The van der Waals surface area contributed by atoms with Gasteiger partial charge in [-0.2, -0.15) is 11.3 Å². The van der Waals surface area contributed by atoms with Crippen LogP contribution in [0.25, 0.3) is 0 Å². The van der Waals surface area contributed by atoms with Gasteiger partial charge in [0.25, 0.3) is 0 Å². The van der Waals surface area contributed by atoms with Gasteiger partial charge in [0, 0.05) is 19.4 Å². The van der Waals surface area contributed by atoms with Crippen LogP contribution >= 0.6 is 11.3 Å². The molecule has 1 heterocycles. The molecule has 0 N–H and O–H groups in total. The maximum absolute atomic E-state index is 11.4. The molecule has 0 fully saturated rings. The van der Waals surface area contributed by atoms with Gasteiger partial charge in [-0.25, -0.2) is 0 Å². The Kier molecular flexibility index (Phi) is 5.49. The number of carbonyl (C=O) groups is 1. The third-order valence-corrected chi connectivity index (χ3v) is 2.59. The fraction of sp³-hybridized carbons (Fsp3) is 0.545. The van der Waals surface area contributed by atoms with Crippen LogP contribution in [0.4, 0.5) is 0 Å². The van der Waals surface area contributed by atoms with E-state index in [-0.39, 0.29) is 5.78 Å². The van der Waals surface area contributed by atoms with Gasteiger partial charge in [-0.3, -0.25) is 4.79 Å². The number of thiophene rings is 1. The number of hydrogen-bond acceptors (Lipinski definition) is 3. The second kappa shape index (κ2) is 6.74. The van der Waals surface area contributed by atoms with Crippen molar-refractivity contribution in [3.05, 3.63) is 22.4 Å².